The number of nitrogens with zero attached hydrogens (tertiary/aromatic N) is 4. The van der Waals surface area contributed by atoms with Crippen LogP contribution in [0.2, 0.25) is 0 Å². The van der Waals surface area contributed by atoms with E-state index < -0.39 is 24.5 Å². The number of nitrogen functional groups attached to an aromatic ring is 1. The summed E-state index contributed by atoms with van der Waals surface area (Å²) in [5.74, 6) is 0.250. The van der Waals surface area contributed by atoms with Gasteiger partial charge in [0.05, 0.1) is 12.9 Å². The second-order valence-electron chi connectivity index (χ2n) is 4.91. The molecule has 22 heavy (non-hydrogen) atoms. The minimum absolute atomic E-state index is 0.250. The van der Waals surface area contributed by atoms with Crippen molar-refractivity contribution in [3.05, 3.63) is 11.1 Å². The summed E-state index contributed by atoms with van der Waals surface area (Å²) in [7, 11) is 3.08. The Bertz CT molecular complexity index is 681. The van der Waals surface area contributed by atoms with Crippen LogP contribution in [0.5, 0.6) is 0 Å². The summed E-state index contributed by atoms with van der Waals surface area (Å²) in [5.41, 5.74) is 6.74. The molecule has 1 unspecified atom stereocenters. The third-order valence-electron chi connectivity index (χ3n) is 3.61. The number of rotatable bonds is 4. The van der Waals surface area contributed by atoms with E-state index in [1.54, 1.807) is 11.7 Å². The predicted molar refractivity (Wildman–Crippen MR) is 80.0 cm³/mol. The third-order valence-corrected chi connectivity index (χ3v) is 3.96. The molecule has 0 aromatic carbocycles. The van der Waals surface area contributed by atoms with Gasteiger partial charge in [-0.25, -0.2) is 15.0 Å². The second-order valence-corrected chi connectivity index (χ2v) is 5.62. The van der Waals surface area contributed by atoms with Gasteiger partial charge in [-0.05, 0) is 15.9 Å². The molecule has 0 saturated carbocycles. The average Bonchev–Trinajstić information content (AvgIpc) is 3.01. The molecule has 9 nitrogen and oxygen atoms in total. The maximum atomic E-state index is 10.5. The summed E-state index contributed by atoms with van der Waals surface area (Å²) >= 11 is 3.20. The molecule has 3 N–H and O–H groups in total. The van der Waals surface area contributed by atoms with Crippen LogP contribution >= 0.6 is 15.9 Å². The van der Waals surface area contributed by atoms with Gasteiger partial charge in [0.2, 0.25) is 4.73 Å². The fraction of sp³-hybridized carbons (Fsp3) is 0.583. The van der Waals surface area contributed by atoms with Gasteiger partial charge in [0.25, 0.3) is 0 Å². The van der Waals surface area contributed by atoms with Gasteiger partial charge in [-0.15, -0.1) is 0 Å². The summed E-state index contributed by atoms with van der Waals surface area (Å²) in [6.45, 7) is 0.305. The van der Waals surface area contributed by atoms with Gasteiger partial charge in [0, 0.05) is 14.2 Å². The van der Waals surface area contributed by atoms with Crippen molar-refractivity contribution < 1.29 is 19.3 Å². The molecule has 1 saturated heterocycles. The second kappa shape index (κ2) is 6.05. The van der Waals surface area contributed by atoms with E-state index in [4.69, 9.17) is 19.9 Å². The van der Waals surface area contributed by atoms with Crippen molar-refractivity contribution in [1.29, 1.82) is 0 Å². The van der Waals surface area contributed by atoms with Crippen LogP contribution in [-0.2, 0) is 14.2 Å². The largest absolute Gasteiger partial charge is 0.386 e. The topological polar surface area (TPSA) is 118 Å². The van der Waals surface area contributed by atoms with Crippen LogP contribution in [0.1, 0.15) is 6.23 Å². The van der Waals surface area contributed by atoms with Crippen LogP contribution < -0.4 is 5.73 Å². The lowest BCUT2D eigenvalue weighted by atomic mass is 10.1. The van der Waals surface area contributed by atoms with Gasteiger partial charge < -0.3 is 25.1 Å². The number of aromatic nitrogens is 4. The molecule has 1 aliphatic heterocycles. The molecule has 10 heteroatoms. The third kappa shape index (κ3) is 2.46. The lowest BCUT2D eigenvalue weighted by molar-refractivity contribution is -0.0612. The fourth-order valence-electron chi connectivity index (χ4n) is 2.64. The molecule has 3 rings (SSSR count). The van der Waals surface area contributed by atoms with Crippen molar-refractivity contribution in [1.82, 2.24) is 19.5 Å². The molecule has 3 heterocycles. The number of anilines is 1. The van der Waals surface area contributed by atoms with Gasteiger partial charge >= 0.3 is 0 Å². The van der Waals surface area contributed by atoms with E-state index >= 15 is 0 Å². The molecule has 120 valence electrons. The Kier molecular flexibility index (Phi) is 4.28. The minimum atomic E-state index is -0.891. The first kappa shape index (κ1) is 15.6. The van der Waals surface area contributed by atoms with Crippen molar-refractivity contribution in [2.45, 2.75) is 24.5 Å². The van der Waals surface area contributed by atoms with E-state index in [0.717, 1.165) is 0 Å². The molecule has 0 radical (unpaired) electrons. The van der Waals surface area contributed by atoms with E-state index in [0.29, 0.717) is 22.5 Å². The highest BCUT2D eigenvalue weighted by atomic mass is 79.9. The quantitative estimate of drug-likeness (QED) is 0.724. The van der Waals surface area contributed by atoms with E-state index in [1.807, 2.05) is 0 Å². The molecule has 0 spiro atoms. The summed E-state index contributed by atoms with van der Waals surface area (Å²) in [6, 6.07) is 0. The first-order valence-electron chi connectivity index (χ1n) is 6.57. The molecule has 0 bridgehead atoms. The molecule has 0 amide bonds. The van der Waals surface area contributed by atoms with Crippen molar-refractivity contribution in [3.63, 3.8) is 0 Å². The number of hydrogen-bond donors (Lipinski definition) is 2. The Balaban J connectivity index is 2.01. The van der Waals surface area contributed by atoms with E-state index in [-0.39, 0.29) is 5.82 Å². The van der Waals surface area contributed by atoms with Crippen molar-refractivity contribution in [2.24, 2.45) is 0 Å². The molecule has 2 aromatic rings. The maximum absolute atomic E-state index is 10.5. The Labute approximate surface area is 134 Å². The van der Waals surface area contributed by atoms with E-state index in [1.165, 1.54) is 13.4 Å². The number of nitrogens with two attached hydrogens (primary N) is 1. The lowest BCUT2D eigenvalue weighted by Crippen LogP contribution is -2.35. The van der Waals surface area contributed by atoms with Gasteiger partial charge in [-0.1, -0.05) is 0 Å². The lowest BCUT2D eigenvalue weighted by Gasteiger charge is -2.18. The smallest absolute Gasteiger partial charge is 0.200 e. The van der Waals surface area contributed by atoms with Crippen molar-refractivity contribution >= 4 is 32.9 Å². The molecule has 2 aromatic heterocycles. The van der Waals surface area contributed by atoms with Crippen LogP contribution in [-0.4, -0.2) is 63.8 Å². The molecule has 1 aliphatic rings. The number of fused-ring (bicyclic) bond motifs is 1. The standard InChI is InChI=1S/C12H16BrN5O4/c1-20-3-5-8(21-2)7(19)11(22-5)18-4-15-6-9(14)16-12(13)17-10(6)18/h4-5,7-8,11,19H,3H2,1-2H3,(H2,14,16,17)/t5-,7?,8+,11-/m1/s1. The van der Waals surface area contributed by atoms with Crippen LogP contribution in [0, 0.1) is 0 Å². The summed E-state index contributed by atoms with van der Waals surface area (Å²) in [4.78, 5) is 12.4. The first-order valence-corrected chi connectivity index (χ1v) is 7.37. The van der Waals surface area contributed by atoms with Gasteiger partial charge in [0.15, 0.2) is 17.7 Å². The molecule has 4 atom stereocenters. The molecular formula is C12H16BrN5O4. The number of methoxy groups -OCH3 is 2. The summed E-state index contributed by atoms with van der Waals surface area (Å²) in [6.07, 6.45) is -0.980. The normalized spacial score (nSPS) is 28.5. The fourth-order valence-corrected chi connectivity index (χ4v) is 2.99. The first-order chi connectivity index (χ1) is 10.6. The van der Waals surface area contributed by atoms with Gasteiger partial charge in [0.1, 0.15) is 23.8 Å². The maximum Gasteiger partial charge on any atom is 0.200 e. The molecular weight excluding hydrogens is 358 g/mol. The SMILES string of the molecule is COC[C@H]1O[C@@H](n2cnc3c(N)nc(Br)nc32)C(O)[C@H]1OC. The number of aliphatic hydroxyl groups is 1. The monoisotopic (exact) mass is 373 g/mol. The highest BCUT2D eigenvalue weighted by molar-refractivity contribution is 9.10. The highest BCUT2D eigenvalue weighted by Crippen LogP contribution is 2.33. The van der Waals surface area contributed by atoms with Crippen LogP contribution in [0.25, 0.3) is 11.2 Å². The van der Waals surface area contributed by atoms with Gasteiger partial charge in [-0.2, -0.15) is 0 Å². The van der Waals surface area contributed by atoms with E-state index in [9.17, 15) is 5.11 Å². The highest BCUT2D eigenvalue weighted by Gasteiger charge is 2.45. The Hall–Kier alpha value is -1.33. The Morgan fingerprint density at radius 2 is 2.23 bits per heavy atom. The summed E-state index contributed by atoms with van der Waals surface area (Å²) < 4.78 is 18.2. The predicted octanol–water partition coefficient (Wildman–Crippen LogP) is 0.0907. The van der Waals surface area contributed by atoms with Crippen molar-refractivity contribution in [2.75, 3.05) is 26.6 Å². The molecule has 0 aliphatic carbocycles. The number of ether oxygens (including phenoxy) is 3. The van der Waals surface area contributed by atoms with Crippen LogP contribution in [0.4, 0.5) is 5.82 Å². The Morgan fingerprint density at radius 3 is 2.91 bits per heavy atom. The number of imidazole rings is 1. The average molecular weight is 374 g/mol. The minimum Gasteiger partial charge on any atom is -0.386 e. The number of halogens is 1. The van der Waals surface area contributed by atoms with E-state index in [2.05, 4.69) is 30.9 Å². The van der Waals surface area contributed by atoms with Crippen LogP contribution in [0.15, 0.2) is 11.1 Å². The zero-order valence-electron chi connectivity index (χ0n) is 12.0. The summed E-state index contributed by atoms with van der Waals surface area (Å²) in [5, 5.41) is 10.5. The Morgan fingerprint density at radius 1 is 1.45 bits per heavy atom. The number of hydrogen-bond acceptors (Lipinski definition) is 8. The van der Waals surface area contributed by atoms with Crippen molar-refractivity contribution in [3.8, 4) is 0 Å². The van der Waals surface area contributed by atoms with Crippen LogP contribution in [0.3, 0.4) is 0 Å². The van der Waals surface area contributed by atoms with Gasteiger partial charge in [-0.3, -0.25) is 4.57 Å². The zero-order chi connectivity index (χ0) is 15.9. The molecule has 1 fully saturated rings. The zero-order valence-corrected chi connectivity index (χ0v) is 13.6. The number of aliphatic hydroxyl groups excluding tert-OH is 1.